The molecule has 3 rings (SSSR count). The first kappa shape index (κ1) is 14.0. The minimum Gasteiger partial charge on any atom is -0.379 e. The summed E-state index contributed by atoms with van der Waals surface area (Å²) < 4.78 is 34.3. The fourth-order valence-electron chi connectivity index (χ4n) is 3.00. The number of ether oxygens (including phenoxy) is 1. The van der Waals surface area contributed by atoms with Crippen molar-refractivity contribution >= 4 is 10.0 Å². The second kappa shape index (κ2) is 5.10. The van der Waals surface area contributed by atoms with E-state index in [1.807, 2.05) is 7.05 Å². The summed E-state index contributed by atoms with van der Waals surface area (Å²) in [6.45, 7) is 3.18. The molecule has 0 amide bonds. The molecule has 112 valence electrons. The molecule has 0 aromatic carbocycles. The number of likely N-dealkylation sites (N-methyl/N-ethyl adjacent to an activating group) is 1. The number of nitrogens with zero attached hydrogens (tertiary/aromatic N) is 4. The molecule has 2 aliphatic heterocycles. The largest absolute Gasteiger partial charge is 0.379 e. The van der Waals surface area contributed by atoms with Gasteiger partial charge in [-0.2, -0.15) is 9.40 Å². The molecule has 2 bridgehead atoms. The molecular formula is C12H20N4O3S. The molecule has 2 saturated heterocycles. The Bertz CT molecular complexity index is 585. The van der Waals surface area contributed by atoms with E-state index >= 15 is 0 Å². The van der Waals surface area contributed by atoms with Crippen molar-refractivity contribution in [1.82, 2.24) is 19.0 Å². The van der Waals surface area contributed by atoms with E-state index in [1.165, 1.54) is 10.9 Å². The predicted molar refractivity (Wildman–Crippen MR) is 72.7 cm³/mol. The second-order valence-electron chi connectivity index (χ2n) is 5.70. The fraction of sp³-hybridized carbons (Fsp3) is 0.750. The van der Waals surface area contributed by atoms with Crippen LogP contribution in [0.3, 0.4) is 0 Å². The minimum absolute atomic E-state index is 0.127. The van der Waals surface area contributed by atoms with Crippen molar-refractivity contribution < 1.29 is 13.2 Å². The van der Waals surface area contributed by atoms with E-state index in [-0.39, 0.29) is 16.9 Å². The van der Waals surface area contributed by atoms with Gasteiger partial charge in [-0.1, -0.05) is 0 Å². The van der Waals surface area contributed by atoms with Crippen molar-refractivity contribution in [2.24, 2.45) is 13.0 Å². The summed E-state index contributed by atoms with van der Waals surface area (Å²) in [5.41, 5.74) is 0. The lowest BCUT2D eigenvalue weighted by Gasteiger charge is -2.28. The zero-order chi connectivity index (χ0) is 14.3. The highest BCUT2D eigenvalue weighted by Gasteiger charge is 2.39. The molecule has 0 saturated carbocycles. The van der Waals surface area contributed by atoms with Crippen LogP contribution in [0, 0.1) is 5.92 Å². The zero-order valence-corrected chi connectivity index (χ0v) is 12.6. The average Bonchev–Trinajstić information content (AvgIpc) is 2.61. The van der Waals surface area contributed by atoms with Crippen molar-refractivity contribution in [2.45, 2.75) is 10.9 Å². The van der Waals surface area contributed by atoms with Gasteiger partial charge in [-0.3, -0.25) is 4.68 Å². The number of sulfonamides is 1. The smallest absolute Gasteiger partial charge is 0.246 e. The van der Waals surface area contributed by atoms with Crippen molar-refractivity contribution in [3.63, 3.8) is 0 Å². The normalized spacial score (nSPS) is 29.3. The van der Waals surface area contributed by atoms with Crippen molar-refractivity contribution in [2.75, 3.05) is 39.9 Å². The number of hydrogen-bond donors (Lipinski definition) is 0. The average molecular weight is 300 g/mol. The molecule has 0 spiro atoms. The van der Waals surface area contributed by atoms with Crippen LogP contribution in [0.5, 0.6) is 0 Å². The molecule has 0 radical (unpaired) electrons. The molecule has 7 nitrogen and oxygen atoms in total. The van der Waals surface area contributed by atoms with Crippen LogP contribution in [-0.4, -0.2) is 73.3 Å². The third kappa shape index (κ3) is 2.48. The van der Waals surface area contributed by atoms with E-state index in [0.717, 1.165) is 6.54 Å². The Morgan fingerprint density at radius 3 is 2.75 bits per heavy atom. The third-order valence-corrected chi connectivity index (χ3v) is 5.76. The first-order chi connectivity index (χ1) is 9.46. The van der Waals surface area contributed by atoms with Gasteiger partial charge in [0, 0.05) is 38.8 Å². The summed E-state index contributed by atoms with van der Waals surface area (Å²) in [6.07, 6.45) is 2.96. The Morgan fingerprint density at radius 2 is 2.05 bits per heavy atom. The maximum absolute atomic E-state index is 12.8. The van der Waals surface area contributed by atoms with Gasteiger partial charge in [0.15, 0.2) is 0 Å². The minimum atomic E-state index is -3.50. The zero-order valence-electron chi connectivity index (χ0n) is 11.8. The molecule has 2 atom stereocenters. The van der Waals surface area contributed by atoms with Gasteiger partial charge in [0.1, 0.15) is 4.90 Å². The van der Waals surface area contributed by atoms with Gasteiger partial charge in [-0.25, -0.2) is 8.42 Å². The molecule has 0 N–H and O–H groups in total. The molecule has 3 heterocycles. The fourth-order valence-corrected chi connectivity index (χ4v) is 4.67. The molecule has 2 fully saturated rings. The number of fused-ring (bicyclic) bond motifs is 3. The summed E-state index contributed by atoms with van der Waals surface area (Å²) in [6, 6.07) is -0.127. The van der Waals surface area contributed by atoms with Crippen LogP contribution in [-0.2, 0) is 21.8 Å². The Morgan fingerprint density at radius 1 is 1.25 bits per heavy atom. The lowest BCUT2D eigenvalue weighted by atomic mass is 10.1. The molecule has 0 unspecified atom stereocenters. The third-order valence-electron chi connectivity index (χ3n) is 3.89. The van der Waals surface area contributed by atoms with Crippen LogP contribution >= 0.6 is 0 Å². The maximum Gasteiger partial charge on any atom is 0.246 e. The monoisotopic (exact) mass is 300 g/mol. The van der Waals surface area contributed by atoms with Gasteiger partial charge in [-0.15, -0.1) is 0 Å². The van der Waals surface area contributed by atoms with Crippen LogP contribution in [0.15, 0.2) is 17.3 Å². The van der Waals surface area contributed by atoms with Gasteiger partial charge >= 0.3 is 0 Å². The van der Waals surface area contributed by atoms with Gasteiger partial charge < -0.3 is 9.64 Å². The highest BCUT2D eigenvalue weighted by atomic mass is 32.2. The Labute approximate surface area is 119 Å². The molecule has 1 aromatic heterocycles. The van der Waals surface area contributed by atoms with Gasteiger partial charge in [0.2, 0.25) is 10.0 Å². The van der Waals surface area contributed by atoms with E-state index < -0.39 is 10.0 Å². The molecule has 0 aliphatic carbocycles. The lowest BCUT2D eigenvalue weighted by molar-refractivity contribution is 0.0659. The number of hydrogen-bond acceptors (Lipinski definition) is 5. The Balaban J connectivity index is 1.96. The van der Waals surface area contributed by atoms with Crippen LogP contribution in [0.4, 0.5) is 0 Å². The standard InChI is InChI=1S/C12H20N4O3S/c1-14-4-10-5-16(11(6-14)9-19-8-10)20(17,18)12-3-13-15(2)7-12/h3,7,10-11H,4-6,8-9H2,1-2H3/t10-,11-/m0/s1. The summed E-state index contributed by atoms with van der Waals surface area (Å²) in [4.78, 5) is 2.45. The summed E-state index contributed by atoms with van der Waals surface area (Å²) in [5, 5.41) is 3.97. The molecule has 2 aliphatic rings. The van der Waals surface area contributed by atoms with Gasteiger partial charge in [0.25, 0.3) is 0 Å². The van der Waals surface area contributed by atoms with Crippen molar-refractivity contribution in [3.05, 3.63) is 12.4 Å². The van der Waals surface area contributed by atoms with E-state index in [0.29, 0.717) is 26.3 Å². The first-order valence-electron chi connectivity index (χ1n) is 6.73. The molecule has 8 heteroatoms. The van der Waals surface area contributed by atoms with Crippen LogP contribution in [0.1, 0.15) is 0 Å². The van der Waals surface area contributed by atoms with E-state index in [4.69, 9.17) is 4.74 Å². The highest BCUT2D eigenvalue weighted by molar-refractivity contribution is 7.89. The summed E-state index contributed by atoms with van der Waals surface area (Å²) in [5.74, 6) is 0.221. The number of aromatic nitrogens is 2. The van der Waals surface area contributed by atoms with Crippen LogP contribution in [0.25, 0.3) is 0 Å². The van der Waals surface area contributed by atoms with E-state index in [2.05, 4.69) is 10.00 Å². The second-order valence-corrected chi connectivity index (χ2v) is 7.59. The lowest BCUT2D eigenvalue weighted by Crippen LogP contribution is -2.45. The van der Waals surface area contributed by atoms with Crippen molar-refractivity contribution in [3.8, 4) is 0 Å². The Hall–Kier alpha value is -0.960. The van der Waals surface area contributed by atoms with E-state index in [1.54, 1.807) is 17.5 Å². The number of rotatable bonds is 2. The predicted octanol–water partition coefficient (Wildman–Crippen LogP) is -0.629. The molecular weight excluding hydrogens is 280 g/mol. The summed E-state index contributed by atoms with van der Waals surface area (Å²) >= 11 is 0. The SMILES string of the molecule is CN1C[C@@H]2COC[C@H](C1)N(S(=O)(=O)c1cnn(C)c1)C2. The van der Waals surface area contributed by atoms with Crippen molar-refractivity contribution in [1.29, 1.82) is 0 Å². The maximum atomic E-state index is 12.8. The quantitative estimate of drug-likeness (QED) is 0.727. The number of aryl methyl sites for hydroxylation is 1. The Kier molecular flexibility index (Phi) is 3.57. The summed E-state index contributed by atoms with van der Waals surface area (Å²) in [7, 11) is 0.253. The first-order valence-corrected chi connectivity index (χ1v) is 8.17. The highest BCUT2D eigenvalue weighted by Crippen LogP contribution is 2.25. The van der Waals surface area contributed by atoms with Gasteiger partial charge in [0.05, 0.1) is 25.5 Å². The van der Waals surface area contributed by atoms with Crippen LogP contribution in [0.2, 0.25) is 0 Å². The van der Waals surface area contributed by atoms with Crippen LogP contribution < -0.4 is 0 Å². The molecule has 20 heavy (non-hydrogen) atoms. The topological polar surface area (TPSA) is 67.7 Å². The van der Waals surface area contributed by atoms with Gasteiger partial charge in [-0.05, 0) is 7.05 Å². The molecule has 1 aromatic rings. The van der Waals surface area contributed by atoms with E-state index in [9.17, 15) is 8.42 Å².